The van der Waals surface area contributed by atoms with Crippen LogP contribution in [0.2, 0.25) is 0 Å². The minimum absolute atomic E-state index is 0. The maximum absolute atomic E-state index is 11.9. The zero-order valence-electron chi connectivity index (χ0n) is 18.2. The van der Waals surface area contributed by atoms with Crippen LogP contribution in [0.5, 0.6) is 11.5 Å². The molecule has 0 heterocycles. The number of hydrogen-bond donors (Lipinski definition) is 0. The molecule has 15 heteroatoms. The summed E-state index contributed by atoms with van der Waals surface area (Å²) < 4.78 is 66.9. The fourth-order valence-electron chi connectivity index (χ4n) is 2.53. The van der Waals surface area contributed by atoms with Gasteiger partial charge in [0.1, 0.15) is 20.2 Å². The summed E-state index contributed by atoms with van der Waals surface area (Å²) in [6.07, 6.45) is 2.13. The predicted octanol–water partition coefficient (Wildman–Crippen LogP) is -4.85. The zero-order valence-corrected chi connectivity index (χ0v) is 24.8. The number of hydrogen-bond acceptors (Lipinski definition) is 10. The Kier molecular flexibility index (Phi) is 13.6. The van der Waals surface area contributed by atoms with Crippen LogP contribution in [0.25, 0.3) is 0 Å². The van der Waals surface area contributed by atoms with E-state index in [-0.39, 0.29) is 98.7 Å². The van der Waals surface area contributed by atoms with Crippen molar-refractivity contribution in [2.24, 2.45) is 9.98 Å². The number of para-hydroxylation sites is 2. The third-order valence-corrected chi connectivity index (χ3v) is 5.77. The van der Waals surface area contributed by atoms with Gasteiger partial charge in [0.25, 0.3) is 0 Å². The minimum Gasteiger partial charge on any atom is -0.872 e. The average molecular weight is 582 g/mol. The molecule has 0 spiro atoms. The monoisotopic (exact) mass is 581 g/mol. The Morgan fingerprint density at radius 2 is 0.971 bits per heavy atom. The maximum Gasteiger partial charge on any atom is 2.00 e. The average Bonchev–Trinajstić information content (AvgIpc) is 2.71. The van der Waals surface area contributed by atoms with E-state index in [0.717, 1.165) is 48.8 Å². The van der Waals surface area contributed by atoms with E-state index >= 15 is 0 Å². The van der Waals surface area contributed by atoms with E-state index in [4.69, 9.17) is 0 Å². The summed E-state index contributed by atoms with van der Waals surface area (Å²) in [4.78, 5) is 7.02. The van der Waals surface area contributed by atoms with Crippen molar-refractivity contribution < 1.29 is 112 Å². The molecule has 0 N–H and O–H groups in total. The second-order valence-corrected chi connectivity index (χ2v) is 9.07. The van der Waals surface area contributed by atoms with Gasteiger partial charge in [0.2, 0.25) is 0 Å². The van der Waals surface area contributed by atoms with Crippen molar-refractivity contribution >= 4 is 44.0 Å². The largest absolute Gasteiger partial charge is 2.00 e. The molecule has 0 unspecified atom stereocenters. The van der Waals surface area contributed by atoms with Crippen LogP contribution in [0.4, 0.5) is 11.4 Å². The van der Waals surface area contributed by atoms with Gasteiger partial charge in [-0.1, -0.05) is 35.8 Å². The molecule has 0 aromatic heterocycles. The van der Waals surface area contributed by atoms with Gasteiger partial charge < -0.3 is 19.3 Å². The first-order valence-corrected chi connectivity index (χ1v) is 11.5. The van der Waals surface area contributed by atoms with Gasteiger partial charge in [0.05, 0.1) is 21.2 Å². The quantitative estimate of drug-likeness (QED) is 0.157. The van der Waals surface area contributed by atoms with Crippen molar-refractivity contribution in [3.63, 3.8) is 0 Å². The van der Waals surface area contributed by atoms with E-state index < -0.39 is 41.5 Å². The summed E-state index contributed by atoms with van der Waals surface area (Å²) >= 11 is 0. The Hall–Kier alpha value is -1.06. The van der Waals surface area contributed by atoms with Crippen LogP contribution in [-0.2, 0) is 37.3 Å². The normalized spacial score (nSPS) is 11.5. The minimum atomic E-state index is -4.76. The van der Waals surface area contributed by atoms with Crippen LogP contribution in [0.3, 0.4) is 0 Å². The van der Waals surface area contributed by atoms with Crippen molar-refractivity contribution in [2.75, 3.05) is 0 Å². The molecule has 3 aromatic rings. The second-order valence-electron chi connectivity index (χ2n) is 6.31. The van der Waals surface area contributed by atoms with Crippen LogP contribution in [-0.4, -0.2) is 38.4 Å². The Bertz CT molecular complexity index is 1350. The molecule has 0 aliphatic heterocycles. The summed E-state index contributed by atoms with van der Waals surface area (Å²) in [5.41, 5.74) is 0.156. The molecule has 3 rings (SSSR count). The first-order valence-electron chi connectivity index (χ1n) is 8.66. The predicted molar refractivity (Wildman–Crippen MR) is 109 cm³/mol. The molecule has 0 fully saturated rings. The summed E-state index contributed by atoms with van der Waals surface area (Å²) in [6.45, 7) is 0. The van der Waals surface area contributed by atoms with Gasteiger partial charge in [-0.05, 0) is 47.5 Å². The topological polar surface area (TPSA) is 185 Å². The summed E-state index contributed by atoms with van der Waals surface area (Å²) in [5, 5.41) is 23.9. The number of rotatable bonds is 6. The van der Waals surface area contributed by atoms with Gasteiger partial charge in [-0.2, -0.15) is 0 Å². The van der Waals surface area contributed by atoms with Crippen molar-refractivity contribution in [3.05, 3.63) is 71.8 Å². The molecule has 10 nitrogen and oxygen atoms in total. The molecule has 0 atom stereocenters. The van der Waals surface area contributed by atoms with Gasteiger partial charge in [0, 0.05) is 12.4 Å². The smallest absolute Gasteiger partial charge is 0.872 e. The third-order valence-electron chi connectivity index (χ3n) is 4.11. The molecule has 0 amide bonds. The Labute approximate surface area is 256 Å². The summed E-state index contributed by atoms with van der Waals surface area (Å²) in [6, 6.07) is 11.7. The Morgan fingerprint density at radius 1 is 0.629 bits per heavy atom. The molecule has 3 aromatic carbocycles. The third kappa shape index (κ3) is 9.39. The van der Waals surface area contributed by atoms with E-state index in [0.29, 0.717) is 0 Å². The molecular formula is C20H12CuN2Na2O8S2. The Balaban J connectivity index is 0.00000385. The molecule has 0 saturated carbocycles. The molecule has 1 radical (unpaired) electrons. The van der Waals surface area contributed by atoms with Crippen LogP contribution in [0.15, 0.2) is 80.4 Å². The fraction of sp³-hybridized carbons (Fsp3) is 0. The van der Waals surface area contributed by atoms with Crippen molar-refractivity contribution in [1.82, 2.24) is 0 Å². The van der Waals surface area contributed by atoms with Crippen LogP contribution in [0, 0.1) is 0 Å². The molecule has 0 aliphatic rings. The van der Waals surface area contributed by atoms with E-state index in [2.05, 4.69) is 9.98 Å². The fourth-order valence-corrected chi connectivity index (χ4v) is 3.54. The van der Waals surface area contributed by atoms with Gasteiger partial charge in [0.15, 0.2) is 0 Å². The van der Waals surface area contributed by atoms with Crippen molar-refractivity contribution in [2.45, 2.75) is 9.79 Å². The summed E-state index contributed by atoms with van der Waals surface area (Å²) in [7, 11) is -9.52. The second kappa shape index (κ2) is 14.0. The van der Waals surface area contributed by atoms with Gasteiger partial charge in [-0.25, -0.2) is 16.8 Å². The Morgan fingerprint density at radius 3 is 1.29 bits per heavy atom. The molecule has 0 bridgehead atoms. The first kappa shape index (κ1) is 33.9. The molecule has 35 heavy (non-hydrogen) atoms. The number of nitrogens with zero attached hydrogens (tertiary/aromatic N) is 2. The van der Waals surface area contributed by atoms with Crippen LogP contribution >= 0.6 is 0 Å². The van der Waals surface area contributed by atoms with Gasteiger partial charge in [-0.15, -0.1) is 0 Å². The maximum atomic E-state index is 11.9. The molecule has 175 valence electrons. The van der Waals surface area contributed by atoms with Crippen molar-refractivity contribution in [3.8, 4) is 11.5 Å². The summed E-state index contributed by atoms with van der Waals surface area (Å²) in [5.74, 6) is -1.12. The standard InChI is InChI=1S/C20H16N2O8S2.Cu.2Na/c23-19-7-5-15(31(25,26)27)9-13(19)11-21-17-3-1-2-4-18(17)22-12-14-10-16(32(28,29)30)6-8-20(14)24;;;/h1-12,23-24H,(H,25,26,27)(H,28,29,30);;;/q;+2;2*+1/p-4. The van der Waals surface area contributed by atoms with Gasteiger partial charge >= 0.3 is 76.2 Å². The number of aliphatic imine (C=N–C) groups is 2. The van der Waals surface area contributed by atoms with E-state index in [9.17, 15) is 36.2 Å². The van der Waals surface area contributed by atoms with Crippen LogP contribution < -0.4 is 69.3 Å². The number of benzene rings is 3. The molecular weight excluding hydrogens is 570 g/mol. The SMILES string of the molecule is O=S(=O)([O-])c1ccc([O-])c(C=Nc2ccccc2N=Cc2cc(S(=O)(=O)[O-])ccc2[O-])c1.[Cu+2].[Na+].[Na+]. The molecule has 0 saturated heterocycles. The van der Waals surface area contributed by atoms with Crippen molar-refractivity contribution in [1.29, 1.82) is 0 Å². The first-order chi connectivity index (χ1) is 14.9. The van der Waals surface area contributed by atoms with Gasteiger partial charge in [-0.3, -0.25) is 9.98 Å². The van der Waals surface area contributed by atoms with E-state index in [1.807, 2.05) is 0 Å². The molecule has 0 aliphatic carbocycles. The zero-order chi connectivity index (χ0) is 23.5. The van der Waals surface area contributed by atoms with Crippen LogP contribution in [0.1, 0.15) is 11.1 Å². The van der Waals surface area contributed by atoms with E-state index in [1.165, 1.54) is 12.1 Å². The van der Waals surface area contributed by atoms with E-state index in [1.54, 1.807) is 12.1 Å².